The van der Waals surface area contributed by atoms with E-state index < -0.39 is 5.60 Å². The summed E-state index contributed by atoms with van der Waals surface area (Å²) in [5.41, 5.74) is 0.121. The second kappa shape index (κ2) is 7.69. The highest BCUT2D eigenvalue weighted by Gasteiger charge is 2.27. The van der Waals surface area contributed by atoms with Crippen LogP contribution in [0.1, 0.15) is 45.6 Å². The Morgan fingerprint density at radius 2 is 2.26 bits per heavy atom. The predicted molar refractivity (Wildman–Crippen MR) is 90.2 cm³/mol. The number of carbonyl (C=O) groups excluding carboxylic acids is 1. The molecule has 1 fully saturated rings. The molecule has 1 N–H and O–H groups in total. The Kier molecular flexibility index (Phi) is 5.89. The Morgan fingerprint density at radius 3 is 2.87 bits per heavy atom. The summed E-state index contributed by atoms with van der Waals surface area (Å²) in [4.78, 5) is 16.1. The van der Waals surface area contributed by atoms with Gasteiger partial charge in [0, 0.05) is 18.0 Å². The molecule has 1 aromatic heterocycles. The second-order valence-corrected chi connectivity index (χ2v) is 7.87. The van der Waals surface area contributed by atoms with E-state index in [1.165, 1.54) is 0 Å². The largest absolute Gasteiger partial charge is 0.444 e. The monoisotopic (exact) mass is 333 g/mol. The number of hydrogen-bond acceptors (Lipinski definition) is 5. The van der Waals surface area contributed by atoms with Gasteiger partial charge in [0.15, 0.2) is 0 Å². The van der Waals surface area contributed by atoms with Crippen molar-refractivity contribution in [1.29, 1.82) is 5.26 Å². The van der Waals surface area contributed by atoms with Crippen LogP contribution in [0.5, 0.6) is 0 Å². The molecular weight excluding hydrogens is 310 g/mol. The van der Waals surface area contributed by atoms with Crippen molar-refractivity contribution in [2.75, 3.05) is 5.75 Å². The van der Waals surface area contributed by atoms with Crippen LogP contribution in [0, 0.1) is 17.2 Å². The van der Waals surface area contributed by atoms with Crippen molar-refractivity contribution < 1.29 is 9.53 Å². The normalized spacial score (nSPS) is 20.8. The molecule has 0 spiro atoms. The van der Waals surface area contributed by atoms with Crippen LogP contribution < -0.4 is 5.32 Å². The summed E-state index contributed by atoms with van der Waals surface area (Å²) in [7, 11) is 0. The van der Waals surface area contributed by atoms with E-state index in [0.717, 1.165) is 30.0 Å². The second-order valence-electron chi connectivity index (χ2n) is 6.83. The van der Waals surface area contributed by atoms with Crippen LogP contribution in [0.4, 0.5) is 4.79 Å². The van der Waals surface area contributed by atoms with Gasteiger partial charge in [-0.15, -0.1) is 11.8 Å². The molecule has 2 unspecified atom stereocenters. The van der Waals surface area contributed by atoms with Crippen LogP contribution >= 0.6 is 11.8 Å². The van der Waals surface area contributed by atoms with Crippen molar-refractivity contribution >= 4 is 17.9 Å². The third kappa shape index (κ3) is 6.11. The molecule has 1 saturated carbocycles. The number of ether oxygens (including phenoxy) is 1. The lowest BCUT2D eigenvalue weighted by atomic mass is 10.1. The summed E-state index contributed by atoms with van der Waals surface area (Å²) in [5, 5.41) is 12.7. The van der Waals surface area contributed by atoms with E-state index >= 15 is 0 Å². The van der Waals surface area contributed by atoms with Crippen LogP contribution in [0.3, 0.4) is 0 Å². The Labute approximate surface area is 141 Å². The van der Waals surface area contributed by atoms with Gasteiger partial charge >= 0.3 is 6.09 Å². The molecule has 23 heavy (non-hydrogen) atoms. The lowest BCUT2D eigenvalue weighted by Gasteiger charge is -2.21. The van der Waals surface area contributed by atoms with Gasteiger partial charge in [-0.05, 0) is 58.1 Å². The summed E-state index contributed by atoms with van der Waals surface area (Å²) >= 11 is 1.70. The number of thioether (sulfide) groups is 1. The maximum atomic E-state index is 11.8. The number of nitrogens with one attached hydrogen (secondary N) is 1. The van der Waals surface area contributed by atoms with Crippen LogP contribution in [-0.4, -0.2) is 28.5 Å². The number of amides is 1. The average molecular weight is 333 g/mol. The van der Waals surface area contributed by atoms with E-state index in [1.54, 1.807) is 24.0 Å². The molecule has 1 aliphatic carbocycles. The number of nitriles is 1. The Balaban J connectivity index is 1.73. The molecule has 1 aliphatic rings. The topological polar surface area (TPSA) is 75.0 Å². The highest BCUT2D eigenvalue weighted by molar-refractivity contribution is 7.99. The zero-order chi connectivity index (χ0) is 16.9. The molecule has 1 aromatic rings. The van der Waals surface area contributed by atoms with Crippen LogP contribution in [0.25, 0.3) is 0 Å². The van der Waals surface area contributed by atoms with Crippen molar-refractivity contribution in [3.05, 3.63) is 23.9 Å². The maximum absolute atomic E-state index is 11.8. The summed E-state index contributed by atoms with van der Waals surface area (Å²) in [6.45, 7) is 5.60. The SMILES string of the molecule is CC(C)(C)OC(=O)NC1CCC(CSc2ccc(C#N)cn2)C1. The number of hydrogen-bond donors (Lipinski definition) is 1. The van der Waals surface area contributed by atoms with Gasteiger partial charge in [0.2, 0.25) is 0 Å². The van der Waals surface area contributed by atoms with Crippen molar-refractivity contribution in [2.24, 2.45) is 5.92 Å². The molecule has 0 aromatic carbocycles. The highest BCUT2D eigenvalue weighted by Crippen LogP contribution is 2.31. The van der Waals surface area contributed by atoms with Crippen LogP contribution in [0.15, 0.2) is 23.4 Å². The Morgan fingerprint density at radius 1 is 1.48 bits per heavy atom. The number of rotatable bonds is 4. The summed E-state index contributed by atoms with van der Waals surface area (Å²) < 4.78 is 5.29. The fraction of sp³-hybridized carbons (Fsp3) is 0.588. The average Bonchev–Trinajstić information content (AvgIpc) is 2.91. The fourth-order valence-corrected chi connectivity index (χ4v) is 3.57. The summed E-state index contributed by atoms with van der Waals surface area (Å²) in [6, 6.07) is 5.94. The lowest BCUT2D eigenvalue weighted by molar-refractivity contribution is 0.0505. The first-order valence-corrected chi connectivity index (χ1v) is 8.83. The summed E-state index contributed by atoms with van der Waals surface area (Å²) in [5.74, 6) is 1.54. The van der Waals surface area contributed by atoms with E-state index in [2.05, 4.69) is 16.4 Å². The van der Waals surface area contributed by atoms with Gasteiger partial charge in [-0.3, -0.25) is 0 Å². The number of carbonyl (C=O) groups is 1. The quantitative estimate of drug-likeness (QED) is 0.850. The molecule has 5 nitrogen and oxygen atoms in total. The zero-order valence-corrected chi connectivity index (χ0v) is 14.7. The first kappa shape index (κ1) is 17.6. The zero-order valence-electron chi connectivity index (χ0n) is 13.8. The van der Waals surface area contributed by atoms with Crippen molar-refractivity contribution in [1.82, 2.24) is 10.3 Å². The Bertz CT molecular complexity index is 575. The van der Waals surface area contributed by atoms with E-state index in [-0.39, 0.29) is 12.1 Å². The first-order valence-electron chi connectivity index (χ1n) is 7.84. The third-order valence-corrected chi connectivity index (χ3v) is 4.77. The van der Waals surface area contributed by atoms with Gasteiger partial charge in [-0.2, -0.15) is 5.26 Å². The van der Waals surface area contributed by atoms with E-state index in [9.17, 15) is 4.79 Å². The van der Waals surface area contributed by atoms with E-state index in [1.807, 2.05) is 26.8 Å². The standard InChI is InChI=1S/C17H23N3O2S/c1-17(2,3)22-16(21)20-14-6-4-12(8-14)11-23-15-7-5-13(9-18)10-19-15/h5,7,10,12,14H,4,6,8,11H2,1-3H3,(H,20,21). The number of pyridine rings is 1. The summed E-state index contributed by atoms with van der Waals surface area (Å²) in [6.07, 6.45) is 4.34. The van der Waals surface area contributed by atoms with Crippen LogP contribution in [-0.2, 0) is 4.74 Å². The smallest absolute Gasteiger partial charge is 0.407 e. The molecule has 0 radical (unpaired) electrons. The molecule has 6 heteroatoms. The van der Waals surface area contributed by atoms with Gasteiger partial charge in [0.05, 0.1) is 10.6 Å². The minimum Gasteiger partial charge on any atom is -0.444 e. The molecule has 2 atom stereocenters. The molecule has 1 amide bonds. The van der Waals surface area contributed by atoms with Gasteiger partial charge in [0.25, 0.3) is 0 Å². The Hall–Kier alpha value is -1.74. The highest BCUT2D eigenvalue weighted by atomic mass is 32.2. The fourth-order valence-electron chi connectivity index (χ4n) is 2.57. The molecule has 0 aliphatic heterocycles. The third-order valence-electron chi connectivity index (χ3n) is 3.59. The maximum Gasteiger partial charge on any atom is 0.407 e. The number of alkyl carbamates (subject to hydrolysis) is 1. The molecule has 0 saturated heterocycles. The molecule has 1 heterocycles. The van der Waals surface area contributed by atoms with Crippen LogP contribution in [0.2, 0.25) is 0 Å². The van der Waals surface area contributed by atoms with Gasteiger partial charge in [0.1, 0.15) is 11.7 Å². The van der Waals surface area contributed by atoms with E-state index in [0.29, 0.717) is 11.5 Å². The minimum absolute atomic E-state index is 0.198. The molecular formula is C17H23N3O2S. The van der Waals surface area contributed by atoms with Crippen molar-refractivity contribution in [3.8, 4) is 6.07 Å². The van der Waals surface area contributed by atoms with Crippen molar-refractivity contribution in [2.45, 2.75) is 56.7 Å². The van der Waals surface area contributed by atoms with Gasteiger partial charge < -0.3 is 10.1 Å². The molecule has 124 valence electrons. The number of nitrogens with zero attached hydrogens (tertiary/aromatic N) is 2. The van der Waals surface area contributed by atoms with Crippen molar-refractivity contribution in [3.63, 3.8) is 0 Å². The lowest BCUT2D eigenvalue weighted by Crippen LogP contribution is -2.38. The minimum atomic E-state index is -0.459. The van der Waals surface area contributed by atoms with E-state index in [4.69, 9.17) is 10.00 Å². The number of aromatic nitrogens is 1. The predicted octanol–water partition coefficient (Wildman–Crippen LogP) is 3.74. The van der Waals surface area contributed by atoms with Gasteiger partial charge in [-0.1, -0.05) is 0 Å². The molecule has 2 rings (SSSR count). The first-order chi connectivity index (χ1) is 10.9. The molecule has 0 bridgehead atoms. The van der Waals surface area contributed by atoms with Gasteiger partial charge in [-0.25, -0.2) is 9.78 Å².